The lowest BCUT2D eigenvalue weighted by molar-refractivity contribution is 0.0939. The molecule has 2 aromatic carbocycles. The fraction of sp³-hybridized carbons (Fsp3) is 0.182. The molecule has 0 radical (unpaired) electrons. The van der Waals surface area contributed by atoms with Gasteiger partial charge in [-0.3, -0.25) is 4.79 Å². The van der Waals surface area contributed by atoms with Crippen molar-refractivity contribution in [1.29, 1.82) is 0 Å². The molecule has 1 atom stereocenters. The predicted octanol–water partition coefficient (Wildman–Crippen LogP) is 4.37. The van der Waals surface area contributed by atoms with Crippen LogP contribution in [0.1, 0.15) is 34.5 Å². The van der Waals surface area contributed by atoms with Gasteiger partial charge >= 0.3 is 0 Å². The quantitative estimate of drug-likeness (QED) is 0.655. The average Bonchev–Trinajstić information content (AvgIpc) is 2.70. The van der Waals surface area contributed by atoms with Crippen molar-refractivity contribution in [3.8, 4) is 0 Å². The van der Waals surface area contributed by atoms with Crippen molar-refractivity contribution in [1.82, 2.24) is 10.3 Å². The molecule has 0 bridgehead atoms. The molecule has 0 saturated heterocycles. The van der Waals surface area contributed by atoms with Gasteiger partial charge < -0.3 is 10.6 Å². The molecule has 3 rings (SSSR count). The van der Waals surface area contributed by atoms with Crippen molar-refractivity contribution in [2.45, 2.75) is 19.4 Å². The first kappa shape index (κ1) is 18.6. The van der Waals surface area contributed by atoms with E-state index in [1.165, 1.54) is 12.1 Å². The minimum absolute atomic E-state index is 0.0767. The summed E-state index contributed by atoms with van der Waals surface area (Å²) in [5.41, 5.74) is 2.62. The molecule has 5 heteroatoms. The normalized spacial score (nSPS) is 11.6. The number of carbonyl (C=O) groups is 1. The summed E-state index contributed by atoms with van der Waals surface area (Å²) >= 11 is 0. The van der Waals surface area contributed by atoms with Crippen LogP contribution in [-0.2, 0) is 6.42 Å². The number of anilines is 1. The lowest BCUT2D eigenvalue weighted by Gasteiger charge is -2.14. The predicted molar refractivity (Wildman–Crippen MR) is 105 cm³/mol. The van der Waals surface area contributed by atoms with Crippen LogP contribution in [0, 0.1) is 5.82 Å². The second-order valence-electron chi connectivity index (χ2n) is 6.34. The van der Waals surface area contributed by atoms with Crippen LogP contribution in [0.15, 0.2) is 72.9 Å². The fourth-order valence-electron chi connectivity index (χ4n) is 2.72. The molecule has 1 amide bonds. The van der Waals surface area contributed by atoms with Crippen LogP contribution in [0.25, 0.3) is 0 Å². The maximum atomic E-state index is 12.9. The van der Waals surface area contributed by atoms with E-state index in [9.17, 15) is 9.18 Å². The number of hydrogen-bond acceptors (Lipinski definition) is 3. The summed E-state index contributed by atoms with van der Waals surface area (Å²) in [6.07, 6.45) is 2.33. The van der Waals surface area contributed by atoms with Crippen LogP contribution in [0.2, 0.25) is 0 Å². The smallest absolute Gasteiger partial charge is 0.253 e. The number of hydrogen-bond donors (Lipinski definition) is 2. The Morgan fingerprint density at radius 2 is 1.78 bits per heavy atom. The number of rotatable bonds is 7. The highest BCUT2D eigenvalue weighted by molar-refractivity contribution is 5.94. The van der Waals surface area contributed by atoms with Gasteiger partial charge in [-0.15, -0.1) is 0 Å². The molecule has 138 valence electrons. The Morgan fingerprint density at radius 1 is 1.04 bits per heavy atom. The minimum Gasteiger partial charge on any atom is -0.370 e. The number of benzene rings is 2. The number of halogens is 1. The second kappa shape index (κ2) is 8.94. The molecule has 1 aromatic heterocycles. The van der Waals surface area contributed by atoms with Gasteiger partial charge in [-0.05, 0) is 48.7 Å². The van der Waals surface area contributed by atoms with Crippen LogP contribution in [-0.4, -0.2) is 17.4 Å². The molecule has 0 fully saturated rings. The summed E-state index contributed by atoms with van der Waals surface area (Å²) in [5.74, 6) is 0.310. The van der Waals surface area contributed by atoms with Crippen LogP contribution in [0.4, 0.5) is 10.2 Å². The number of nitrogens with zero attached hydrogens (tertiary/aromatic N) is 1. The first-order valence-electron chi connectivity index (χ1n) is 8.92. The van der Waals surface area contributed by atoms with E-state index < -0.39 is 0 Å². The van der Waals surface area contributed by atoms with Gasteiger partial charge in [0.05, 0.1) is 11.6 Å². The van der Waals surface area contributed by atoms with Crippen LogP contribution in [0.3, 0.4) is 0 Å². The maximum Gasteiger partial charge on any atom is 0.253 e. The Bertz CT molecular complexity index is 864. The Hall–Kier alpha value is -3.21. The monoisotopic (exact) mass is 363 g/mol. The minimum atomic E-state index is -0.233. The van der Waals surface area contributed by atoms with Gasteiger partial charge in [0.25, 0.3) is 5.91 Å². The zero-order valence-corrected chi connectivity index (χ0v) is 15.2. The number of amides is 1. The van der Waals surface area contributed by atoms with Gasteiger partial charge in [0.2, 0.25) is 0 Å². The van der Waals surface area contributed by atoms with Gasteiger partial charge in [0, 0.05) is 12.7 Å². The summed E-state index contributed by atoms with van der Waals surface area (Å²) in [7, 11) is 0. The second-order valence-corrected chi connectivity index (χ2v) is 6.34. The van der Waals surface area contributed by atoms with E-state index in [0.29, 0.717) is 17.9 Å². The van der Waals surface area contributed by atoms with E-state index >= 15 is 0 Å². The molecular weight excluding hydrogens is 341 g/mol. The highest BCUT2D eigenvalue weighted by Gasteiger charge is 2.11. The topological polar surface area (TPSA) is 54.0 Å². The largest absolute Gasteiger partial charge is 0.370 e. The zero-order chi connectivity index (χ0) is 19.1. The molecule has 4 nitrogen and oxygen atoms in total. The molecule has 27 heavy (non-hydrogen) atoms. The van der Waals surface area contributed by atoms with Gasteiger partial charge in [-0.2, -0.15) is 0 Å². The van der Waals surface area contributed by atoms with E-state index in [-0.39, 0.29) is 17.8 Å². The van der Waals surface area contributed by atoms with Crippen LogP contribution >= 0.6 is 0 Å². The lowest BCUT2D eigenvalue weighted by atomic mass is 10.1. The molecule has 0 aliphatic rings. The van der Waals surface area contributed by atoms with Gasteiger partial charge in [-0.1, -0.05) is 42.5 Å². The molecule has 1 heterocycles. The number of aromatic nitrogens is 1. The van der Waals surface area contributed by atoms with Crippen molar-refractivity contribution in [2.24, 2.45) is 0 Å². The van der Waals surface area contributed by atoms with E-state index in [1.54, 1.807) is 30.5 Å². The summed E-state index contributed by atoms with van der Waals surface area (Å²) in [5, 5.41) is 6.18. The van der Waals surface area contributed by atoms with Gasteiger partial charge in [-0.25, -0.2) is 9.37 Å². The molecule has 3 aromatic rings. The van der Waals surface area contributed by atoms with E-state index in [0.717, 1.165) is 17.5 Å². The molecule has 0 aliphatic carbocycles. The first-order valence-corrected chi connectivity index (χ1v) is 8.92. The van der Waals surface area contributed by atoms with Gasteiger partial charge in [0.15, 0.2) is 0 Å². The SMILES string of the molecule is CC(NC(=O)c1ccc(NCCc2ccc(F)cc2)nc1)c1ccccc1. The van der Waals surface area contributed by atoms with E-state index in [1.807, 2.05) is 37.3 Å². The summed E-state index contributed by atoms with van der Waals surface area (Å²) in [4.78, 5) is 16.7. The zero-order valence-electron chi connectivity index (χ0n) is 15.2. The third-order valence-corrected chi connectivity index (χ3v) is 4.31. The summed E-state index contributed by atoms with van der Waals surface area (Å²) in [6.45, 7) is 2.63. The van der Waals surface area contributed by atoms with Crippen molar-refractivity contribution in [3.05, 3.63) is 95.4 Å². The highest BCUT2D eigenvalue weighted by Crippen LogP contribution is 2.13. The molecule has 0 aliphatic heterocycles. The van der Waals surface area contributed by atoms with Crippen molar-refractivity contribution < 1.29 is 9.18 Å². The number of carbonyl (C=O) groups excluding carboxylic acids is 1. The average molecular weight is 363 g/mol. The Labute approximate surface area is 158 Å². The molecule has 0 spiro atoms. The van der Waals surface area contributed by atoms with Crippen LogP contribution < -0.4 is 10.6 Å². The standard InChI is InChI=1S/C22H22FN3O/c1-16(18-5-3-2-4-6-18)26-22(27)19-9-12-21(25-15-19)24-14-13-17-7-10-20(23)11-8-17/h2-12,15-16H,13-14H2,1H3,(H,24,25)(H,26,27). The Morgan fingerprint density at radius 3 is 2.44 bits per heavy atom. The lowest BCUT2D eigenvalue weighted by Crippen LogP contribution is -2.26. The van der Waals surface area contributed by atoms with Crippen molar-refractivity contribution >= 4 is 11.7 Å². The number of pyridine rings is 1. The van der Waals surface area contributed by atoms with Crippen molar-refractivity contribution in [2.75, 3.05) is 11.9 Å². The molecule has 2 N–H and O–H groups in total. The van der Waals surface area contributed by atoms with Crippen LogP contribution in [0.5, 0.6) is 0 Å². The Balaban J connectivity index is 1.50. The van der Waals surface area contributed by atoms with Gasteiger partial charge in [0.1, 0.15) is 11.6 Å². The third kappa shape index (κ3) is 5.38. The van der Waals surface area contributed by atoms with E-state index in [2.05, 4.69) is 15.6 Å². The highest BCUT2D eigenvalue weighted by atomic mass is 19.1. The Kier molecular flexibility index (Phi) is 6.15. The number of nitrogens with one attached hydrogen (secondary N) is 2. The first-order chi connectivity index (χ1) is 13.1. The molecular formula is C22H22FN3O. The maximum absolute atomic E-state index is 12.9. The molecule has 1 unspecified atom stereocenters. The third-order valence-electron chi connectivity index (χ3n) is 4.31. The molecule has 0 saturated carbocycles. The van der Waals surface area contributed by atoms with Crippen molar-refractivity contribution in [3.63, 3.8) is 0 Å². The summed E-state index contributed by atoms with van der Waals surface area (Å²) in [6, 6.07) is 19.7. The fourth-order valence-corrected chi connectivity index (χ4v) is 2.72. The summed E-state index contributed by atoms with van der Waals surface area (Å²) < 4.78 is 12.9. The van der Waals surface area contributed by atoms with E-state index in [4.69, 9.17) is 0 Å².